The number of hydrogen-bond donors (Lipinski definition) is 1. The number of carbonyl (C=O) groups excluding carboxylic acids is 1. The van der Waals surface area contributed by atoms with Gasteiger partial charge >= 0.3 is 0 Å². The van der Waals surface area contributed by atoms with E-state index in [1.807, 2.05) is 0 Å². The SMILES string of the molecule is O=C(CCNS(=O)(=O)c1ccc(F)c(F)c1)N1CCOC(c2ccc(F)cc2)C1. The molecular formula is C19H19F3N2O4S. The number of nitrogens with one attached hydrogen (secondary N) is 1. The average molecular weight is 428 g/mol. The molecule has 1 unspecified atom stereocenters. The molecule has 1 N–H and O–H groups in total. The van der Waals surface area contributed by atoms with Gasteiger partial charge in [-0.25, -0.2) is 26.3 Å². The largest absolute Gasteiger partial charge is 0.370 e. The van der Waals surface area contributed by atoms with E-state index in [4.69, 9.17) is 4.74 Å². The van der Waals surface area contributed by atoms with Crippen molar-refractivity contribution in [3.63, 3.8) is 0 Å². The fourth-order valence-electron chi connectivity index (χ4n) is 2.93. The zero-order valence-corrected chi connectivity index (χ0v) is 16.1. The molecule has 0 spiro atoms. The molecule has 1 amide bonds. The van der Waals surface area contributed by atoms with Crippen molar-refractivity contribution in [2.75, 3.05) is 26.2 Å². The van der Waals surface area contributed by atoms with E-state index < -0.39 is 32.7 Å². The molecule has 2 aromatic carbocycles. The van der Waals surface area contributed by atoms with E-state index >= 15 is 0 Å². The monoisotopic (exact) mass is 428 g/mol. The van der Waals surface area contributed by atoms with Gasteiger partial charge in [-0.3, -0.25) is 4.79 Å². The van der Waals surface area contributed by atoms with Crippen molar-refractivity contribution in [1.82, 2.24) is 9.62 Å². The Morgan fingerprint density at radius 1 is 1.10 bits per heavy atom. The maximum atomic E-state index is 13.2. The quantitative estimate of drug-likeness (QED) is 0.767. The van der Waals surface area contributed by atoms with Gasteiger partial charge in [-0.05, 0) is 35.9 Å². The molecule has 1 aliphatic heterocycles. The Morgan fingerprint density at radius 3 is 2.52 bits per heavy atom. The predicted molar refractivity (Wildman–Crippen MR) is 97.8 cm³/mol. The van der Waals surface area contributed by atoms with Gasteiger partial charge in [-0.1, -0.05) is 12.1 Å². The number of carbonyl (C=O) groups is 1. The Bertz CT molecular complexity index is 983. The minimum absolute atomic E-state index is 0.112. The number of sulfonamides is 1. The number of ether oxygens (including phenoxy) is 1. The molecule has 0 saturated carbocycles. The molecule has 29 heavy (non-hydrogen) atoms. The van der Waals surface area contributed by atoms with Crippen LogP contribution in [0, 0.1) is 17.5 Å². The number of halogens is 3. The Balaban J connectivity index is 1.54. The van der Waals surface area contributed by atoms with E-state index in [2.05, 4.69) is 4.72 Å². The molecule has 1 aliphatic rings. The van der Waals surface area contributed by atoms with E-state index in [1.165, 1.54) is 12.1 Å². The van der Waals surface area contributed by atoms with Crippen LogP contribution in [-0.2, 0) is 19.6 Å². The molecule has 156 valence electrons. The highest BCUT2D eigenvalue weighted by Crippen LogP contribution is 2.23. The Hall–Kier alpha value is -2.43. The summed E-state index contributed by atoms with van der Waals surface area (Å²) >= 11 is 0. The summed E-state index contributed by atoms with van der Waals surface area (Å²) in [5.41, 5.74) is 0.739. The van der Waals surface area contributed by atoms with Gasteiger partial charge in [0, 0.05) is 19.5 Å². The topological polar surface area (TPSA) is 75.7 Å². The zero-order valence-electron chi connectivity index (χ0n) is 15.3. The van der Waals surface area contributed by atoms with Crippen molar-refractivity contribution in [3.05, 3.63) is 65.5 Å². The maximum Gasteiger partial charge on any atom is 0.240 e. The van der Waals surface area contributed by atoms with E-state index in [-0.39, 0.29) is 31.2 Å². The summed E-state index contributed by atoms with van der Waals surface area (Å²) < 4.78 is 71.4. The Kier molecular flexibility index (Phi) is 6.56. The van der Waals surface area contributed by atoms with Crippen LogP contribution in [0.1, 0.15) is 18.1 Å². The van der Waals surface area contributed by atoms with Crippen LogP contribution in [0.15, 0.2) is 47.4 Å². The van der Waals surface area contributed by atoms with Crippen LogP contribution in [0.25, 0.3) is 0 Å². The first-order chi connectivity index (χ1) is 13.8. The molecule has 10 heteroatoms. The first-order valence-electron chi connectivity index (χ1n) is 8.86. The number of amides is 1. The third kappa shape index (κ3) is 5.34. The normalized spacial score (nSPS) is 17.3. The van der Waals surface area contributed by atoms with Crippen molar-refractivity contribution in [1.29, 1.82) is 0 Å². The standard InChI is InChI=1S/C19H19F3N2O4S/c20-14-3-1-13(2-4-14)18-12-24(9-10-28-18)19(25)7-8-23-29(26,27)15-5-6-16(21)17(22)11-15/h1-6,11,18,23H,7-10,12H2. The lowest BCUT2D eigenvalue weighted by molar-refractivity contribution is -0.138. The minimum Gasteiger partial charge on any atom is -0.370 e. The number of rotatable bonds is 6. The fraction of sp³-hybridized carbons (Fsp3) is 0.316. The molecule has 6 nitrogen and oxygen atoms in total. The van der Waals surface area contributed by atoms with E-state index in [1.54, 1.807) is 17.0 Å². The summed E-state index contributed by atoms with van der Waals surface area (Å²) in [4.78, 5) is 13.5. The summed E-state index contributed by atoms with van der Waals surface area (Å²) in [6, 6.07) is 8.04. The maximum absolute atomic E-state index is 13.2. The van der Waals surface area contributed by atoms with E-state index in [0.717, 1.165) is 17.7 Å². The van der Waals surface area contributed by atoms with Gasteiger partial charge in [0.1, 0.15) is 11.9 Å². The van der Waals surface area contributed by atoms with Crippen molar-refractivity contribution in [3.8, 4) is 0 Å². The molecule has 1 heterocycles. The van der Waals surface area contributed by atoms with Crippen molar-refractivity contribution >= 4 is 15.9 Å². The molecule has 0 aliphatic carbocycles. The van der Waals surface area contributed by atoms with Crippen molar-refractivity contribution < 1.29 is 31.1 Å². The number of benzene rings is 2. The molecule has 1 saturated heterocycles. The lowest BCUT2D eigenvalue weighted by Gasteiger charge is -2.33. The highest BCUT2D eigenvalue weighted by atomic mass is 32.2. The van der Waals surface area contributed by atoms with Gasteiger partial charge in [0.25, 0.3) is 0 Å². The molecule has 2 aromatic rings. The summed E-state index contributed by atoms with van der Waals surface area (Å²) in [5, 5.41) is 0. The fourth-order valence-corrected chi connectivity index (χ4v) is 3.98. The van der Waals surface area contributed by atoms with Gasteiger partial charge in [0.2, 0.25) is 15.9 Å². The van der Waals surface area contributed by atoms with Crippen molar-refractivity contribution in [2.24, 2.45) is 0 Å². The van der Waals surface area contributed by atoms with Crippen LogP contribution in [0.4, 0.5) is 13.2 Å². The van der Waals surface area contributed by atoms with Gasteiger partial charge in [-0.15, -0.1) is 0 Å². The lowest BCUT2D eigenvalue weighted by Crippen LogP contribution is -2.43. The highest BCUT2D eigenvalue weighted by Gasteiger charge is 2.25. The smallest absolute Gasteiger partial charge is 0.240 e. The van der Waals surface area contributed by atoms with Gasteiger partial charge < -0.3 is 9.64 Å². The Labute approximate surface area is 166 Å². The van der Waals surface area contributed by atoms with Gasteiger partial charge in [0.15, 0.2) is 11.6 Å². The third-order valence-corrected chi connectivity index (χ3v) is 5.95. The number of hydrogen-bond acceptors (Lipinski definition) is 4. The van der Waals surface area contributed by atoms with Crippen LogP contribution in [0.2, 0.25) is 0 Å². The van der Waals surface area contributed by atoms with Crippen LogP contribution in [-0.4, -0.2) is 45.5 Å². The molecule has 0 radical (unpaired) electrons. The summed E-state index contributed by atoms with van der Waals surface area (Å²) in [7, 11) is -4.07. The van der Waals surface area contributed by atoms with Crippen LogP contribution in [0.3, 0.4) is 0 Å². The number of nitrogens with zero attached hydrogens (tertiary/aromatic N) is 1. The van der Waals surface area contributed by atoms with E-state index in [0.29, 0.717) is 19.2 Å². The van der Waals surface area contributed by atoms with Crippen LogP contribution in [0.5, 0.6) is 0 Å². The summed E-state index contributed by atoms with van der Waals surface area (Å²) in [6.07, 6.45) is -0.508. The zero-order chi connectivity index (χ0) is 21.0. The lowest BCUT2D eigenvalue weighted by atomic mass is 10.1. The first-order valence-corrected chi connectivity index (χ1v) is 10.3. The van der Waals surface area contributed by atoms with E-state index in [9.17, 15) is 26.4 Å². The third-order valence-electron chi connectivity index (χ3n) is 4.49. The molecule has 0 aromatic heterocycles. The summed E-state index contributed by atoms with van der Waals surface area (Å²) in [5.74, 6) is -3.08. The highest BCUT2D eigenvalue weighted by molar-refractivity contribution is 7.89. The minimum atomic E-state index is -4.07. The van der Waals surface area contributed by atoms with Gasteiger partial charge in [-0.2, -0.15) is 0 Å². The predicted octanol–water partition coefficient (Wildman–Crippen LogP) is 2.37. The molecule has 0 bridgehead atoms. The van der Waals surface area contributed by atoms with Crippen LogP contribution >= 0.6 is 0 Å². The molecule has 3 rings (SSSR count). The second kappa shape index (κ2) is 8.93. The molecule has 1 fully saturated rings. The van der Waals surface area contributed by atoms with Crippen molar-refractivity contribution in [2.45, 2.75) is 17.4 Å². The van der Waals surface area contributed by atoms with Gasteiger partial charge in [0.05, 0.1) is 18.0 Å². The number of morpholine rings is 1. The second-order valence-corrected chi connectivity index (χ2v) is 8.24. The Morgan fingerprint density at radius 2 is 1.83 bits per heavy atom. The second-order valence-electron chi connectivity index (χ2n) is 6.47. The average Bonchev–Trinajstić information content (AvgIpc) is 2.70. The summed E-state index contributed by atoms with van der Waals surface area (Å²) in [6.45, 7) is 0.722. The van der Waals surface area contributed by atoms with Crippen LogP contribution < -0.4 is 4.72 Å². The molecule has 1 atom stereocenters. The first kappa shape index (κ1) is 21.3. The molecular weight excluding hydrogens is 409 g/mol.